The molecule has 0 fully saturated rings. The molecular weight excluding hydrogens is 239 g/mol. The molecule has 0 aliphatic rings. The van der Waals surface area contributed by atoms with E-state index in [1.54, 1.807) is 18.2 Å². The molecule has 98 valence electrons. The Morgan fingerprint density at radius 2 is 1.63 bits per heavy atom. The van der Waals surface area contributed by atoms with Crippen molar-refractivity contribution in [3.8, 4) is 0 Å². The molecule has 0 aliphatic heterocycles. The molecule has 2 aromatic carbocycles. The number of aryl methyl sites for hydroxylation is 2. The summed E-state index contributed by atoms with van der Waals surface area (Å²) in [5.41, 5.74) is 3.74. The van der Waals surface area contributed by atoms with Gasteiger partial charge in [0.15, 0.2) is 5.78 Å². The number of hydrogen-bond acceptors (Lipinski definition) is 1. The van der Waals surface area contributed by atoms with Crippen LogP contribution in [-0.2, 0) is 6.42 Å². The van der Waals surface area contributed by atoms with Crippen molar-refractivity contribution in [2.24, 2.45) is 0 Å². The molecule has 0 heterocycles. The van der Waals surface area contributed by atoms with E-state index in [-0.39, 0.29) is 11.3 Å². The van der Waals surface area contributed by atoms with Crippen molar-refractivity contribution < 1.29 is 9.18 Å². The Bertz CT molecular complexity index is 582. The molecule has 19 heavy (non-hydrogen) atoms. The standard InChI is InChI=1S/C17H17FO/c1-12-6-5-7-13(2)14(12)10-11-17(19)15-8-3-4-9-16(15)18/h3-9H,10-11H2,1-2H3. The highest BCUT2D eigenvalue weighted by Crippen LogP contribution is 2.17. The SMILES string of the molecule is Cc1cccc(C)c1CCC(=O)c1ccccc1F. The topological polar surface area (TPSA) is 17.1 Å². The number of rotatable bonds is 4. The number of Topliss-reactive ketones (excluding diaryl/α,β-unsaturated/α-hetero) is 1. The lowest BCUT2D eigenvalue weighted by molar-refractivity contribution is 0.0979. The van der Waals surface area contributed by atoms with E-state index in [9.17, 15) is 9.18 Å². The third-order valence-electron chi connectivity index (χ3n) is 3.42. The van der Waals surface area contributed by atoms with Gasteiger partial charge in [-0.05, 0) is 49.1 Å². The van der Waals surface area contributed by atoms with E-state index in [0.717, 1.165) is 0 Å². The summed E-state index contributed by atoms with van der Waals surface area (Å²) in [6.07, 6.45) is 0.998. The fourth-order valence-electron chi connectivity index (χ4n) is 2.30. The van der Waals surface area contributed by atoms with Crippen molar-refractivity contribution in [3.05, 3.63) is 70.5 Å². The first-order chi connectivity index (χ1) is 9.09. The van der Waals surface area contributed by atoms with Crippen LogP contribution in [0.4, 0.5) is 4.39 Å². The zero-order valence-corrected chi connectivity index (χ0v) is 11.2. The smallest absolute Gasteiger partial charge is 0.166 e. The van der Waals surface area contributed by atoms with Gasteiger partial charge >= 0.3 is 0 Å². The van der Waals surface area contributed by atoms with Crippen LogP contribution in [-0.4, -0.2) is 5.78 Å². The largest absolute Gasteiger partial charge is 0.294 e. The summed E-state index contributed by atoms with van der Waals surface area (Å²) >= 11 is 0. The number of halogens is 1. The molecule has 0 radical (unpaired) electrons. The zero-order chi connectivity index (χ0) is 13.8. The summed E-state index contributed by atoms with van der Waals surface area (Å²) in [4.78, 5) is 12.0. The van der Waals surface area contributed by atoms with Gasteiger partial charge in [-0.25, -0.2) is 4.39 Å². The molecule has 0 bridgehead atoms. The Labute approximate surface area is 113 Å². The maximum Gasteiger partial charge on any atom is 0.166 e. The highest BCUT2D eigenvalue weighted by molar-refractivity contribution is 5.96. The van der Waals surface area contributed by atoms with E-state index in [2.05, 4.69) is 0 Å². The highest BCUT2D eigenvalue weighted by atomic mass is 19.1. The lowest BCUT2D eigenvalue weighted by Gasteiger charge is -2.09. The second kappa shape index (κ2) is 5.79. The van der Waals surface area contributed by atoms with Crippen molar-refractivity contribution in [1.82, 2.24) is 0 Å². The molecule has 0 saturated carbocycles. The van der Waals surface area contributed by atoms with Gasteiger partial charge in [0, 0.05) is 6.42 Å². The molecule has 0 N–H and O–H groups in total. The van der Waals surface area contributed by atoms with Gasteiger partial charge in [-0.1, -0.05) is 30.3 Å². The van der Waals surface area contributed by atoms with Crippen LogP contribution in [0.15, 0.2) is 42.5 Å². The lowest BCUT2D eigenvalue weighted by Crippen LogP contribution is -2.05. The summed E-state index contributed by atoms with van der Waals surface area (Å²) in [6.45, 7) is 4.08. The van der Waals surface area contributed by atoms with Gasteiger partial charge in [0.1, 0.15) is 5.82 Å². The van der Waals surface area contributed by atoms with Crippen LogP contribution in [0.1, 0.15) is 33.5 Å². The monoisotopic (exact) mass is 256 g/mol. The van der Waals surface area contributed by atoms with Crippen LogP contribution >= 0.6 is 0 Å². The molecule has 0 aromatic heterocycles. The van der Waals surface area contributed by atoms with Gasteiger partial charge in [-0.15, -0.1) is 0 Å². The average Bonchev–Trinajstić information content (AvgIpc) is 2.38. The summed E-state index contributed by atoms with van der Waals surface area (Å²) in [5.74, 6) is -0.574. The Morgan fingerprint density at radius 3 is 2.26 bits per heavy atom. The average molecular weight is 256 g/mol. The molecule has 0 atom stereocenters. The molecular formula is C17H17FO. The predicted molar refractivity (Wildman–Crippen MR) is 75.0 cm³/mol. The minimum absolute atomic E-state index is 0.138. The molecule has 0 saturated heterocycles. The fourth-order valence-corrected chi connectivity index (χ4v) is 2.30. The molecule has 1 nitrogen and oxygen atoms in total. The lowest BCUT2D eigenvalue weighted by atomic mass is 9.96. The Hall–Kier alpha value is -1.96. The first kappa shape index (κ1) is 13.5. The highest BCUT2D eigenvalue weighted by Gasteiger charge is 2.12. The first-order valence-corrected chi connectivity index (χ1v) is 6.42. The molecule has 0 aliphatic carbocycles. The summed E-state index contributed by atoms with van der Waals surface area (Å²) in [6, 6.07) is 12.2. The molecule has 0 unspecified atom stereocenters. The second-order valence-corrected chi connectivity index (χ2v) is 4.77. The summed E-state index contributed by atoms with van der Waals surface area (Å²) in [7, 11) is 0. The number of carbonyl (C=O) groups excluding carboxylic acids is 1. The number of carbonyl (C=O) groups is 1. The number of ketones is 1. The quantitative estimate of drug-likeness (QED) is 0.747. The normalized spacial score (nSPS) is 10.5. The van der Waals surface area contributed by atoms with E-state index in [1.807, 2.05) is 32.0 Å². The van der Waals surface area contributed by atoms with Crippen LogP contribution in [0.5, 0.6) is 0 Å². The van der Waals surface area contributed by atoms with E-state index >= 15 is 0 Å². The first-order valence-electron chi connectivity index (χ1n) is 6.42. The Kier molecular flexibility index (Phi) is 4.10. The molecule has 0 spiro atoms. The maximum absolute atomic E-state index is 13.5. The van der Waals surface area contributed by atoms with Gasteiger partial charge in [0.05, 0.1) is 5.56 Å². The third kappa shape index (κ3) is 3.08. The summed E-state index contributed by atoms with van der Waals surface area (Å²) < 4.78 is 13.5. The van der Waals surface area contributed by atoms with Crippen molar-refractivity contribution in [1.29, 1.82) is 0 Å². The predicted octanol–water partition coefficient (Wildman–Crippen LogP) is 4.26. The van der Waals surface area contributed by atoms with E-state index < -0.39 is 5.82 Å². The van der Waals surface area contributed by atoms with E-state index in [4.69, 9.17) is 0 Å². The van der Waals surface area contributed by atoms with Crippen LogP contribution < -0.4 is 0 Å². The minimum atomic E-state index is -0.436. The van der Waals surface area contributed by atoms with Crippen LogP contribution in [0.2, 0.25) is 0 Å². The van der Waals surface area contributed by atoms with Crippen LogP contribution in [0, 0.1) is 19.7 Å². The van der Waals surface area contributed by atoms with E-state index in [0.29, 0.717) is 12.8 Å². The van der Waals surface area contributed by atoms with Crippen molar-refractivity contribution in [3.63, 3.8) is 0 Å². The maximum atomic E-state index is 13.5. The van der Waals surface area contributed by atoms with Gasteiger partial charge in [0.2, 0.25) is 0 Å². The van der Waals surface area contributed by atoms with Gasteiger partial charge in [-0.2, -0.15) is 0 Å². The van der Waals surface area contributed by atoms with Gasteiger partial charge in [0.25, 0.3) is 0 Å². The Balaban J connectivity index is 2.11. The molecule has 0 amide bonds. The fraction of sp³-hybridized carbons (Fsp3) is 0.235. The molecule has 2 rings (SSSR count). The molecule has 2 aromatic rings. The van der Waals surface area contributed by atoms with Crippen LogP contribution in [0.25, 0.3) is 0 Å². The number of hydrogen-bond donors (Lipinski definition) is 0. The number of benzene rings is 2. The van der Waals surface area contributed by atoms with Gasteiger partial charge < -0.3 is 0 Å². The van der Waals surface area contributed by atoms with E-state index in [1.165, 1.54) is 22.8 Å². The third-order valence-corrected chi connectivity index (χ3v) is 3.42. The van der Waals surface area contributed by atoms with Crippen molar-refractivity contribution in [2.45, 2.75) is 26.7 Å². The molecule has 2 heteroatoms. The van der Waals surface area contributed by atoms with Crippen molar-refractivity contribution in [2.75, 3.05) is 0 Å². The second-order valence-electron chi connectivity index (χ2n) is 4.77. The van der Waals surface area contributed by atoms with Gasteiger partial charge in [-0.3, -0.25) is 4.79 Å². The zero-order valence-electron chi connectivity index (χ0n) is 11.2. The van der Waals surface area contributed by atoms with Crippen LogP contribution in [0.3, 0.4) is 0 Å². The van der Waals surface area contributed by atoms with Crippen molar-refractivity contribution >= 4 is 5.78 Å². The Morgan fingerprint density at radius 1 is 1.00 bits per heavy atom. The minimum Gasteiger partial charge on any atom is -0.294 e. The summed E-state index contributed by atoms with van der Waals surface area (Å²) in [5, 5.41) is 0.